The van der Waals surface area contributed by atoms with Gasteiger partial charge in [-0.3, -0.25) is 9.79 Å². The lowest BCUT2D eigenvalue weighted by atomic mass is 9.76. The first-order valence-electron chi connectivity index (χ1n) is 8.46. The summed E-state index contributed by atoms with van der Waals surface area (Å²) in [7, 11) is 0. The zero-order valence-electron chi connectivity index (χ0n) is 15.3. The summed E-state index contributed by atoms with van der Waals surface area (Å²) >= 11 is 0. The van der Waals surface area contributed by atoms with Crippen LogP contribution in [0.2, 0.25) is 0 Å². The van der Waals surface area contributed by atoms with E-state index < -0.39 is 11.8 Å². The van der Waals surface area contributed by atoms with Gasteiger partial charge in [0.15, 0.2) is 5.79 Å². The summed E-state index contributed by atoms with van der Waals surface area (Å²) in [5, 5.41) is 0. The molecule has 0 atom stereocenters. The van der Waals surface area contributed by atoms with Crippen molar-refractivity contribution >= 4 is 5.97 Å². The van der Waals surface area contributed by atoms with Crippen molar-refractivity contribution in [3.63, 3.8) is 0 Å². The molecule has 0 aliphatic carbocycles. The minimum Gasteiger partial charge on any atom is -0.349 e. The highest BCUT2D eigenvalue weighted by molar-refractivity contribution is 5.65. The van der Waals surface area contributed by atoms with Gasteiger partial charge >= 0.3 is 5.97 Å². The second kappa shape index (κ2) is 6.67. The predicted molar refractivity (Wildman–Crippen MR) is 85.4 cm³/mol. The number of hydrogen-bond acceptors (Lipinski definition) is 6. The highest BCUT2D eigenvalue weighted by Crippen LogP contribution is 2.47. The van der Waals surface area contributed by atoms with Crippen LogP contribution in [0.3, 0.4) is 0 Å². The molecule has 2 saturated heterocycles. The molecule has 0 radical (unpaired) electrons. The van der Waals surface area contributed by atoms with E-state index in [-0.39, 0.29) is 17.8 Å². The standard InChI is InChI=1S/C17H31NO5/c1-7-14-8-20-17(21-9-14)10-15(3,4)18(16(5,6)11-17)12-22-23-13(2)19/h14H,7-12H2,1-6H3. The summed E-state index contributed by atoms with van der Waals surface area (Å²) < 4.78 is 12.4. The fourth-order valence-corrected chi connectivity index (χ4v) is 3.97. The second-order valence-electron chi connectivity index (χ2n) is 8.04. The Morgan fingerprint density at radius 3 is 2.09 bits per heavy atom. The Balaban J connectivity index is 2.08. The van der Waals surface area contributed by atoms with Crippen LogP contribution in [0.1, 0.15) is 60.8 Å². The number of ether oxygens (including phenoxy) is 2. The molecule has 2 fully saturated rings. The number of piperidine rings is 1. The number of carbonyl (C=O) groups excluding carboxylic acids is 1. The van der Waals surface area contributed by atoms with Gasteiger partial charge in [0, 0.05) is 36.8 Å². The average molecular weight is 329 g/mol. The molecule has 134 valence electrons. The predicted octanol–water partition coefficient (Wildman–Crippen LogP) is 2.86. The van der Waals surface area contributed by atoms with Crippen molar-refractivity contribution in [1.29, 1.82) is 0 Å². The molecule has 0 aromatic heterocycles. The normalized spacial score (nSPS) is 27.0. The minimum absolute atomic E-state index is 0.207. The van der Waals surface area contributed by atoms with E-state index in [1.54, 1.807) is 0 Å². The second-order valence-corrected chi connectivity index (χ2v) is 8.04. The van der Waals surface area contributed by atoms with Crippen LogP contribution < -0.4 is 0 Å². The monoisotopic (exact) mass is 329 g/mol. The Kier molecular flexibility index (Phi) is 5.41. The third-order valence-electron chi connectivity index (χ3n) is 4.96. The van der Waals surface area contributed by atoms with Gasteiger partial charge in [-0.05, 0) is 34.1 Å². The van der Waals surface area contributed by atoms with Crippen molar-refractivity contribution in [2.24, 2.45) is 5.92 Å². The lowest BCUT2D eigenvalue weighted by Crippen LogP contribution is -2.68. The maximum absolute atomic E-state index is 10.9. The number of rotatable bonds is 4. The molecular weight excluding hydrogens is 298 g/mol. The van der Waals surface area contributed by atoms with Crippen molar-refractivity contribution in [3.8, 4) is 0 Å². The van der Waals surface area contributed by atoms with Gasteiger partial charge in [-0.25, -0.2) is 4.79 Å². The molecule has 0 bridgehead atoms. The number of carbonyl (C=O) groups is 1. The zero-order chi connectivity index (χ0) is 17.3. The fourth-order valence-electron chi connectivity index (χ4n) is 3.97. The SMILES string of the molecule is CCC1COC2(CC(C)(C)N(COOC(C)=O)C(C)(C)C2)OC1. The summed E-state index contributed by atoms with van der Waals surface area (Å²) in [6, 6.07) is 0. The molecule has 2 rings (SSSR count). The maximum Gasteiger partial charge on any atom is 0.339 e. The van der Waals surface area contributed by atoms with E-state index in [1.165, 1.54) is 6.92 Å². The molecule has 0 N–H and O–H groups in total. The van der Waals surface area contributed by atoms with Crippen LogP contribution in [0, 0.1) is 5.92 Å². The van der Waals surface area contributed by atoms with Crippen molar-refractivity contribution < 1.29 is 24.0 Å². The molecule has 0 amide bonds. The molecule has 6 nitrogen and oxygen atoms in total. The molecule has 0 aromatic rings. The molecule has 6 heteroatoms. The summed E-state index contributed by atoms with van der Waals surface area (Å²) in [6.45, 7) is 13.8. The van der Waals surface area contributed by atoms with Gasteiger partial charge in [0.05, 0.1) is 13.2 Å². The summed E-state index contributed by atoms with van der Waals surface area (Å²) in [5.41, 5.74) is -0.415. The van der Waals surface area contributed by atoms with Crippen LogP contribution in [-0.2, 0) is 24.0 Å². The molecule has 1 spiro atoms. The minimum atomic E-state index is -0.531. The van der Waals surface area contributed by atoms with E-state index in [0.29, 0.717) is 5.92 Å². The van der Waals surface area contributed by atoms with Gasteiger partial charge in [-0.1, -0.05) is 6.92 Å². The Morgan fingerprint density at radius 1 is 1.13 bits per heavy atom. The Labute approximate surface area is 139 Å². The third-order valence-corrected chi connectivity index (χ3v) is 4.96. The molecule has 0 unspecified atom stereocenters. The zero-order valence-corrected chi connectivity index (χ0v) is 15.3. The summed E-state index contributed by atoms with van der Waals surface area (Å²) in [6.07, 6.45) is 2.58. The first kappa shape index (κ1) is 18.6. The van der Waals surface area contributed by atoms with E-state index in [4.69, 9.17) is 14.4 Å². The third kappa shape index (κ3) is 4.24. The molecule has 0 aromatic carbocycles. The number of likely N-dealkylation sites (tertiary alicyclic amines) is 1. The van der Waals surface area contributed by atoms with E-state index in [1.807, 2.05) is 0 Å². The van der Waals surface area contributed by atoms with Crippen LogP contribution in [0.5, 0.6) is 0 Å². The number of hydrogen-bond donors (Lipinski definition) is 0. The van der Waals surface area contributed by atoms with Crippen LogP contribution >= 0.6 is 0 Å². The summed E-state index contributed by atoms with van der Waals surface area (Å²) in [4.78, 5) is 22.9. The molecule has 2 heterocycles. The van der Waals surface area contributed by atoms with Crippen molar-refractivity contribution in [3.05, 3.63) is 0 Å². The maximum atomic E-state index is 10.9. The Hall–Kier alpha value is -0.690. The lowest BCUT2D eigenvalue weighted by Gasteiger charge is -2.59. The summed E-state index contributed by atoms with van der Waals surface area (Å²) in [5.74, 6) is -0.493. The Morgan fingerprint density at radius 2 is 1.65 bits per heavy atom. The van der Waals surface area contributed by atoms with Gasteiger partial charge in [-0.15, -0.1) is 0 Å². The first-order chi connectivity index (χ1) is 10.6. The lowest BCUT2D eigenvalue weighted by molar-refractivity contribution is -0.350. The van der Waals surface area contributed by atoms with Crippen molar-refractivity contribution in [2.75, 3.05) is 19.9 Å². The molecule has 2 aliphatic rings. The van der Waals surface area contributed by atoms with Crippen LogP contribution in [-0.4, -0.2) is 47.7 Å². The van der Waals surface area contributed by atoms with Crippen molar-refractivity contribution in [1.82, 2.24) is 4.90 Å². The highest BCUT2D eigenvalue weighted by atomic mass is 17.2. The largest absolute Gasteiger partial charge is 0.349 e. The highest BCUT2D eigenvalue weighted by Gasteiger charge is 2.55. The molecular formula is C17H31NO5. The van der Waals surface area contributed by atoms with E-state index in [2.05, 4.69) is 44.4 Å². The first-order valence-corrected chi connectivity index (χ1v) is 8.46. The van der Waals surface area contributed by atoms with E-state index in [0.717, 1.165) is 32.5 Å². The quantitative estimate of drug-likeness (QED) is 0.584. The molecule has 0 saturated carbocycles. The van der Waals surface area contributed by atoms with Gasteiger partial charge in [0.25, 0.3) is 0 Å². The van der Waals surface area contributed by atoms with Crippen LogP contribution in [0.25, 0.3) is 0 Å². The topological polar surface area (TPSA) is 57.2 Å². The van der Waals surface area contributed by atoms with Crippen molar-refractivity contribution in [2.45, 2.75) is 77.7 Å². The molecule has 2 aliphatic heterocycles. The van der Waals surface area contributed by atoms with Gasteiger partial charge in [0.2, 0.25) is 0 Å². The van der Waals surface area contributed by atoms with E-state index >= 15 is 0 Å². The fraction of sp³-hybridized carbons (Fsp3) is 0.941. The van der Waals surface area contributed by atoms with Gasteiger partial charge < -0.3 is 9.47 Å². The molecule has 23 heavy (non-hydrogen) atoms. The number of nitrogens with zero attached hydrogens (tertiary/aromatic N) is 1. The average Bonchev–Trinajstić information content (AvgIpc) is 2.41. The smallest absolute Gasteiger partial charge is 0.339 e. The Bertz CT molecular complexity index is 407. The van der Waals surface area contributed by atoms with E-state index in [9.17, 15) is 4.79 Å². The van der Waals surface area contributed by atoms with Crippen LogP contribution in [0.15, 0.2) is 0 Å². The van der Waals surface area contributed by atoms with Gasteiger partial charge in [0.1, 0.15) is 6.73 Å². The van der Waals surface area contributed by atoms with Crippen LogP contribution in [0.4, 0.5) is 0 Å². The van der Waals surface area contributed by atoms with Gasteiger partial charge in [-0.2, -0.15) is 4.89 Å².